The van der Waals surface area contributed by atoms with Gasteiger partial charge in [0.1, 0.15) is 0 Å². The summed E-state index contributed by atoms with van der Waals surface area (Å²) in [6, 6.07) is 1.59. The molecule has 1 aromatic rings. The van der Waals surface area contributed by atoms with E-state index < -0.39 is 0 Å². The summed E-state index contributed by atoms with van der Waals surface area (Å²) < 4.78 is 0. The maximum absolute atomic E-state index is 5.41. The number of hydrogen-bond acceptors (Lipinski definition) is 3. The third-order valence-corrected chi connectivity index (χ3v) is 0.998. The van der Waals surface area contributed by atoms with E-state index in [2.05, 4.69) is 10.2 Å². The van der Waals surface area contributed by atoms with Crippen LogP contribution in [-0.2, 0) is 0 Å². The van der Waals surface area contributed by atoms with Crippen LogP contribution >= 0.6 is 24.0 Å². The predicted molar refractivity (Wildman–Crippen MR) is 38.7 cm³/mol. The first-order valence-electron chi connectivity index (χ1n) is 2.03. The Balaban J connectivity index is 0.000000640. The van der Waals surface area contributed by atoms with Crippen molar-refractivity contribution < 1.29 is 0 Å². The molecule has 1 heterocycles. The van der Waals surface area contributed by atoms with Crippen molar-refractivity contribution in [1.29, 1.82) is 0 Å². The first kappa shape index (κ1) is 8.46. The Kier molecular flexibility index (Phi) is 3.27. The van der Waals surface area contributed by atoms with E-state index in [1.807, 2.05) is 0 Å². The van der Waals surface area contributed by atoms with Gasteiger partial charge in [-0.15, -0.1) is 17.5 Å². The van der Waals surface area contributed by atoms with Gasteiger partial charge in [0.15, 0.2) is 5.15 Å². The predicted octanol–water partition coefficient (Wildman–Crippen LogP) is 1.13. The van der Waals surface area contributed by atoms with Gasteiger partial charge in [-0.25, -0.2) is 0 Å². The van der Waals surface area contributed by atoms with Gasteiger partial charge in [0, 0.05) is 0 Å². The van der Waals surface area contributed by atoms with Gasteiger partial charge in [0.05, 0.1) is 11.9 Å². The van der Waals surface area contributed by atoms with Crippen LogP contribution in [0.4, 0.5) is 5.69 Å². The minimum atomic E-state index is 0. The average Bonchev–Trinajstić information content (AvgIpc) is 1.77. The van der Waals surface area contributed by atoms with Gasteiger partial charge in [-0.3, -0.25) is 0 Å². The van der Waals surface area contributed by atoms with E-state index in [0.717, 1.165) is 0 Å². The number of halogens is 2. The second kappa shape index (κ2) is 3.48. The molecule has 1 rings (SSSR count). The molecule has 0 saturated carbocycles. The lowest BCUT2D eigenvalue weighted by molar-refractivity contribution is 1.03. The average molecular weight is 166 g/mol. The topological polar surface area (TPSA) is 51.8 Å². The number of nitrogens with two attached hydrogens (primary N) is 1. The second-order valence-electron chi connectivity index (χ2n) is 1.28. The monoisotopic (exact) mass is 165 g/mol. The van der Waals surface area contributed by atoms with Gasteiger partial charge in [-0.2, -0.15) is 5.10 Å². The van der Waals surface area contributed by atoms with Crippen LogP contribution in [0.2, 0.25) is 5.15 Å². The number of rotatable bonds is 0. The van der Waals surface area contributed by atoms with Crippen LogP contribution in [0.5, 0.6) is 0 Å². The molecule has 0 fully saturated rings. The molecule has 0 aliphatic carbocycles. The summed E-state index contributed by atoms with van der Waals surface area (Å²) in [5.74, 6) is 0. The summed E-state index contributed by atoms with van der Waals surface area (Å²) in [7, 11) is 0. The Morgan fingerprint density at radius 3 is 2.56 bits per heavy atom. The van der Waals surface area contributed by atoms with Crippen LogP contribution in [0.1, 0.15) is 0 Å². The van der Waals surface area contributed by atoms with E-state index in [1.54, 1.807) is 6.07 Å². The Morgan fingerprint density at radius 2 is 2.22 bits per heavy atom. The van der Waals surface area contributed by atoms with Crippen molar-refractivity contribution >= 4 is 29.7 Å². The van der Waals surface area contributed by atoms with Gasteiger partial charge in [0.2, 0.25) is 0 Å². The number of hydrogen-bond donors (Lipinski definition) is 1. The van der Waals surface area contributed by atoms with Crippen molar-refractivity contribution in [3.8, 4) is 0 Å². The van der Waals surface area contributed by atoms with Gasteiger partial charge < -0.3 is 5.73 Å². The molecule has 0 saturated heterocycles. The third-order valence-electron chi connectivity index (χ3n) is 0.705. The van der Waals surface area contributed by atoms with Crippen molar-refractivity contribution in [1.82, 2.24) is 10.2 Å². The standard InChI is InChI=1S/C4H4ClN3.ClH/c5-4-3(6)1-2-7-8-4;/h1-2H,(H2,6,7);1H. The van der Waals surface area contributed by atoms with E-state index in [9.17, 15) is 0 Å². The molecule has 1 aromatic heterocycles. The molecular formula is C4H5Cl2N3. The van der Waals surface area contributed by atoms with Crippen molar-refractivity contribution in [3.63, 3.8) is 0 Å². The number of anilines is 1. The highest BCUT2D eigenvalue weighted by Gasteiger charge is 1.90. The molecule has 0 aliphatic rings. The van der Waals surface area contributed by atoms with E-state index in [4.69, 9.17) is 17.3 Å². The van der Waals surface area contributed by atoms with Gasteiger partial charge in [0.25, 0.3) is 0 Å². The number of nitrogens with zero attached hydrogens (tertiary/aromatic N) is 2. The molecule has 5 heteroatoms. The molecule has 0 spiro atoms. The van der Waals surface area contributed by atoms with Gasteiger partial charge in [-0.05, 0) is 6.07 Å². The third kappa shape index (κ3) is 2.03. The van der Waals surface area contributed by atoms with Crippen molar-refractivity contribution in [2.45, 2.75) is 0 Å². The highest BCUT2D eigenvalue weighted by atomic mass is 35.5. The van der Waals surface area contributed by atoms with E-state index in [-0.39, 0.29) is 17.6 Å². The highest BCUT2D eigenvalue weighted by Crippen LogP contribution is 2.10. The molecule has 0 aliphatic heterocycles. The molecule has 0 amide bonds. The fourth-order valence-electron chi connectivity index (χ4n) is 0.324. The summed E-state index contributed by atoms with van der Waals surface area (Å²) >= 11 is 5.41. The fraction of sp³-hybridized carbons (Fsp3) is 0. The van der Waals surface area contributed by atoms with Crippen LogP contribution in [0.3, 0.4) is 0 Å². The molecule has 0 radical (unpaired) electrons. The summed E-state index contributed by atoms with van der Waals surface area (Å²) in [5, 5.41) is 7.21. The lowest BCUT2D eigenvalue weighted by Crippen LogP contribution is -1.89. The molecule has 0 unspecified atom stereocenters. The normalized spacial score (nSPS) is 8.11. The minimum Gasteiger partial charge on any atom is -0.396 e. The molecule has 2 N–H and O–H groups in total. The van der Waals surface area contributed by atoms with E-state index in [0.29, 0.717) is 5.69 Å². The number of aromatic nitrogens is 2. The summed E-state index contributed by atoms with van der Waals surface area (Å²) in [4.78, 5) is 0. The number of nitrogen functional groups attached to an aromatic ring is 1. The van der Waals surface area contributed by atoms with Crippen LogP contribution < -0.4 is 5.73 Å². The fourth-order valence-corrected chi connectivity index (χ4v) is 0.431. The Bertz CT molecular complexity index is 170. The van der Waals surface area contributed by atoms with E-state index >= 15 is 0 Å². The molecule has 0 aromatic carbocycles. The van der Waals surface area contributed by atoms with Crippen LogP contribution in [-0.4, -0.2) is 10.2 Å². The van der Waals surface area contributed by atoms with Crippen LogP contribution in [0.15, 0.2) is 12.3 Å². The van der Waals surface area contributed by atoms with Gasteiger partial charge >= 0.3 is 0 Å². The van der Waals surface area contributed by atoms with Crippen LogP contribution in [0.25, 0.3) is 0 Å². The SMILES string of the molecule is Cl.Nc1ccnnc1Cl. The van der Waals surface area contributed by atoms with E-state index in [1.165, 1.54) is 6.20 Å². The molecule has 50 valence electrons. The Morgan fingerprint density at radius 1 is 1.56 bits per heavy atom. The quantitative estimate of drug-likeness (QED) is 0.628. The van der Waals surface area contributed by atoms with Crippen molar-refractivity contribution in [2.75, 3.05) is 5.73 Å². The van der Waals surface area contributed by atoms with Crippen molar-refractivity contribution in [2.24, 2.45) is 0 Å². The Labute approximate surface area is 63.6 Å². The zero-order valence-corrected chi connectivity index (χ0v) is 5.99. The molecule has 0 bridgehead atoms. The Hall–Kier alpha value is -0.540. The summed E-state index contributed by atoms with van der Waals surface area (Å²) in [6.07, 6.45) is 1.49. The first-order chi connectivity index (χ1) is 3.80. The van der Waals surface area contributed by atoms with Crippen molar-refractivity contribution in [3.05, 3.63) is 17.4 Å². The first-order valence-corrected chi connectivity index (χ1v) is 2.41. The molecule has 9 heavy (non-hydrogen) atoms. The minimum absolute atomic E-state index is 0. The zero-order valence-electron chi connectivity index (χ0n) is 4.41. The van der Waals surface area contributed by atoms with Crippen LogP contribution in [0, 0.1) is 0 Å². The molecular weight excluding hydrogens is 161 g/mol. The summed E-state index contributed by atoms with van der Waals surface area (Å²) in [5.41, 5.74) is 5.75. The second-order valence-corrected chi connectivity index (χ2v) is 1.64. The molecule has 0 atom stereocenters. The zero-order chi connectivity index (χ0) is 5.98. The maximum Gasteiger partial charge on any atom is 0.174 e. The van der Waals surface area contributed by atoms with Gasteiger partial charge in [-0.1, -0.05) is 11.6 Å². The largest absolute Gasteiger partial charge is 0.396 e. The lowest BCUT2D eigenvalue weighted by atomic mass is 10.5. The maximum atomic E-state index is 5.41. The molecule has 3 nitrogen and oxygen atoms in total. The summed E-state index contributed by atoms with van der Waals surface area (Å²) in [6.45, 7) is 0. The smallest absolute Gasteiger partial charge is 0.174 e. The highest BCUT2D eigenvalue weighted by molar-refractivity contribution is 6.31. The lowest BCUT2D eigenvalue weighted by Gasteiger charge is -1.89.